The molecule has 8 heteroatoms. The number of hydrogen-bond donors (Lipinski definition) is 0. The molecule has 0 N–H and O–H groups in total. The summed E-state index contributed by atoms with van der Waals surface area (Å²) >= 11 is 12.8. The summed E-state index contributed by atoms with van der Waals surface area (Å²) in [6.07, 6.45) is 3.91. The van der Waals surface area contributed by atoms with Crippen LogP contribution >= 0.6 is 23.2 Å². The summed E-state index contributed by atoms with van der Waals surface area (Å²) in [6.45, 7) is 7.01. The third-order valence-corrected chi connectivity index (χ3v) is 6.82. The van der Waals surface area contributed by atoms with Crippen LogP contribution in [0.2, 0.25) is 10.0 Å². The molecular formula is C26H23Cl2FO4S. The molecule has 3 aromatic rings. The van der Waals surface area contributed by atoms with Crippen molar-refractivity contribution >= 4 is 39.4 Å². The summed E-state index contributed by atoms with van der Waals surface area (Å²) in [7, 11) is -4.02. The van der Waals surface area contributed by atoms with E-state index in [9.17, 15) is 12.8 Å². The molecule has 178 valence electrons. The van der Waals surface area contributed by atoms with Crippen LogP contribution in [0, 0.1) is 12.7 Å². The van der Waals surface area contributed by atoms with Gasteiger partial charge in [-0.2, -0.15) is 8.42 Å². The average Bonchev–Trinajstić information content (AvgIpc) is 2.78. The first-order valence-electron chi connectivity index (χ1n) is 10.3. The van der Waals surface area contributed by atoms with Crippen molar-refractivity contribution in [1.82, 2.24) is 0 Å². The summed E-state index contributed by atoms with van der Waals surface area (Å²) in [5, 5.41) is 0.616. The van der Waals surface area contributed by atoms with Gasteiger partial charge < -0.3 is 4.74 Å². The summed E-state index contributed by atoms with van der Waals surface area (Å²) < 4.78 is 51.1. The number of hydrogen-bond acceptors (Lipinski definition) is 4. The predicted octanol–water partition coefficient (Wildman–Crippen LogP) is 7.48. The first-order chi connectivity index (χ1) is 16.2. The Morgan fingerprint density at radius 2 is 1.74 bits per heavy atom. The fourth-order valence-corrected chi connectivity index (χ4v) is 4.74. The topological polar surface area (TPSA) is 52.6 Å². The van der Waals surface area contributed by atoms with Gasteiger partial charge in [0, 0.05) is 16.7 Å². The van der Waals surface area contributed by atoms with Crippen LogP contribution in [-0.2, 0) is 14.3 Å². The molecule has 3 aromatic carbocycles. The molecule has 34 heavy (non-hydrogen) atoms. The minimum atomic E-state index is -4.02. The van der Waals surface area contributed by atoms with Gasteiger partial charge >= 0.3 is 0 Å². The number of benzene rings is 3. The monoisotopic (exact) mass is 520 g/mol. The maximum Gasteiger partial charge on any atom is 0.297 e. The van der Waals surface area contributed by atoms with E-state index in [1.165, 1.54) is 30.3 Å². The van der Waals surface area contributed by atoms with Gasteiger partial charge in [0.05, 0.1) is 14.9 Å². The number of ether oxygens (including phenoxy) is 1. The van der Waals surface area contributed by atoms with Crippen molar-refractivity contribution in [1.29, 1.82) is 0 Å². The van der Waals surface area contributed by atoms with Crippen molar-refractivity contribution in [3.63, 3.8) is 0 Å². The quantitative estimate of drug-likeness (QED) is 0.216. The Kier molecular flexibility index (Phi) is 8.55. The van der Waals surface area contributed by atoms with E-state index in [0.29, 0.717) is 26.7 Å². The number of aryl methyl sites for hydroxylation is 1. The molecule has 0 aromatic heterocycles. The third kappa shape index (κ3) is 6.07. The van der Waals surface area contributed by atoms with Crippen LogP contribution in [-0.4, -0.2) is 21.1 Å². The zero-order valence-corrected chi connectivity index (χ0v) is 20.9. The molecule has 4 nitrogen and oxygen atoms in total. The van der Waals surface area contributed by atoms with E-state index in [0.717, 1.165) is 5.56 Å². The van der Waals surface area contributed by atoms with Crippen molar-refractivity contribution in [2.45, 2.75) is 24.8 Å². The SMILES string of the molecule is C=C[C@H](COS(=O)(=O)c1ccc(C)cc1)Oc1c(C=CC)cc(F)cc1-c1c(Cl)cccc1Cl. The van der Waals surface area contributed by atoms with Crippen LogP contribution in [0.5, 0.6) is 5.75 Å². The molecule has 0 aliphatic rings. The van der Waals surface area contributed by atoms with Crippen LogP contribution in [0.1, 0.15) is 18.1 Å². The highest BCUT2D eigenvalue weighted by Crippen LogP contribution is 2.42. The van der Waals surface area contributed by atoms with Gasteiger partial charge in [-0.05, 0) is 56.3 Å². The second kappa shape index (κ2) is 11.2. The van der Waals surface area contributed by atoms with Crippen LogP contribution in [0.25, 0.3) is 17.2 Å². The van der Waals surface area contributed by atoms with Crippen molar-refractivity contribution in [2.75, 3.05) is 6.61 Å². The highest BCUT2D eigenvalue weighted by atomic mass is 35.5. The normalized spacial score (nSPS) is 12.6. The lowest BCUT2D eigenvalue weighted by molar-refractivity contribution is 0.168. The molecule has 0 bridgehead atoms. The number of rotatable bonds is 9. The zero-order chi connectivity index (χ0) is 24.9. The molecule has 0 radical (unpaired) electrons. The molecule has 0 spiro atoms. The lowest BCUT2D eigenvalue weighted by Crippen LogP contribution is -2.23. The van der Waals surface area contributed by atoms with E-state index >= 15 is 0 Å². The highest BCUT2D eigenvalue weighted by molar-refractivity contribution is 7.86. The Labute approximate surface area is 209 Å². The van der Waals surface area contributed by atoms with Crippen molar-refractivity contribution in [3.8, 4) is 16.9 Å². The Bertz CT molecular complexity index is 1300. The maximum absolute atomic E-state index is 14.5. The molecule has 0 saturated carbocycles. The first kappa shape index (κ1) is 26.0. The van der Waals surface area contributed by atoms with Gasteiger partial charge in [0.1, 0.15) is 24.3 Å². The molecule has 3 rings (SSSR count). The molecule has 0 aliphatic heterocycles. The van der Waals surface area contributed by atoms with E-state index in [2.05, 4.69) is 6.58 Å². The van der Waals surface area contributed by atoms with E-state index in [-0.39, 0.29) is 17.3 Å². The minimum absolute atomic E-state index is 0.0286. The molecule has 0 aliphatic carbocycles. The Morgan fingerprint density at radius 1 is 1.09 bits per heavy atom. The second-order valence-electron chi connectivity index (χ2n) is 7.41. The maximum atomic E-state index is 14.5. The highest BCUT2D eigenvalue weighted by Gasteiger charge is 2.22. The molecular weight excluding hydrogens is 498 g/mol. The van der Waals surface area contributed by atoms with Gasteiger partial charge in [-0.1, -0.05) is 65.7 Å². The number of halogens is 3. The van der Waals surface area contributed by atoms with Crippen LogP contribution in [0.3, 0.4) is 0 Å². The van der Waals surface area contributed by atoms with Gasteiger partial charge in [-0.15, -0.1) is 0 Å². The van der Waals surface area contributed by atoms with E-state index < -0.39 is 22.0 Å². The standard InChI is InChI=1S/C26H23Cl2FO4S/c1-4-7-18-14-19(29)15-22(25-23(27)8-6-9-24(25)28)26(18)33-20(5-2)16-32-34(30,31)21-12-10-17(3)11-13-21/h4-15,20H,2,16H2,1,3H3/t20-/m1/s1. The predicted molar refractivity (Wildman–Crippen MR) is 135 cm³/mol. The van der Waals surface area contributed by atoms with Gasteiger partial charge in [-0.25, -0.2) is 4.39 Å². The molecule has 0 fully saturated rings. The Balaban J connectivity index is 1.98. The fraction of sp³-hybridized carbons (Fsp3) is 0.154. The molecule has 0 unspecified atom stereocenters. The van der Waals surface area contributed by atoms with Crippen LogP contribution < -0.4 is 4.74 Å². The second-order valence-corrected chi connectivity index (χ2v) is 9.84. The van der Waals surface area contributed by atoms with Gasteiger partial charge in [0.25, 0.3) is 10.1 Å². The first-order valence-corrected chi connectivity index (χ1v) is 12.5. The van der Waals surface area contributed by atoms with Crippen molar-refractivity contribution in [3.05, 3.63) is 100 Å². The summed E-state index contributed by atoms with van der Waals surface area (Å²) in [4.78, 5) is 0.0286. The minimum Gasteiger partial charge on any atom is -0.483 e. The fourth-order valence-electron chi connectivity index (χ4n) is 3.22. The van der Waals surface area contributed by atoms with E-state index in [1.807, 2.05) is 6.92 Å². The molecule has 1 atom stereocenters. The smallest absolute Gasteiger partial charge is 0.297 e. The van der Waals surface area contributed by atoms with Gasteiger partial charge in [-0.3, -0.25) is 4.18 Å². The van der Waals surface area contributed by atoms with Crippen molar-refractivity contribution < 1.29 is 21.7 Å². The molecule has 0 amide bonds. The van der Waals surface area contributed by atoms with Crippen LogP contribution in [0.15, 0.2) is 78.2 Å². The summed E-state index contributed by atoms with van der Waals surface area (Å²) in [6, 6.07) is 13.8. The third-order valence-electron chi connectivity index (χ3n) is 4.89. The van der Waals surface area contributed by atoms with E-state index in [1.54, 1.807) is 49.4 Å². The number of allylic oxidation sites excluding steroid dienone is 1. The lowest BCUT2D eigenvalue weighted by atomic mass is 10.00. The Morgan fingerprint density at radius 3 is 2.32 bits per heavy atom. The van der Waals surface area contributed by atoms with E-state index in [4.69, 9.17) is 32.1 Å². The molecule has 0 heterocycles. The average molecular weight is 521 g/mol. The van der Waals surface area contributed by atoms with Crippen LogP contribution in [0.4, 0.5) is 4.39 Å². The van der Waals surface area contributed by atoms with Crippen molar-refractivity contribution in [2.24, 2.45) is 0 Å². The zero-order valence-electron chi connectivity index (χ0n) is 18.6. The largest absolute Gasteiger partial charge is 0.483 e. The van der Waals surface area contributed by atoms with Gasteiger partial charge in [0.15, 0.2) is 0 Å². The Hall–Kier alpha value is -2.64. The summed E-state index contributed by atoms with van der Waals surface area (Å²) in [5.41, 5.74) is 2.05. The lowest BCUT2D eigenvalue weighted by Gasteiger charge is -2.21. The van der Waals surface area contributed by atoms with Gasteiger partial charge in [0.2, 0.25) is 0 Å². The molecule has 0 saturated heterocycles. The summed E-state index contributed by atoms with van der Waals surface area (Å²) in [5.74, 6) is -0.254.